The van der Waals surface area contributed by atoms with Crippen molar-refractivity contribution in [3.63, 3.8) is 0 Å². The van der Waals surface area contributed by atoms with Gasteiger partial charge in [0, 0.05) is 10.5 Å². The number of nitrogens with one attached hydrogen (secondary N) is 2. The van der Waals surface area contributed by atoms with Crippen LogP contribution in [-0.4, -0.2) is 41.1 Å². The zero-order valence-electron chi connectivity index (χ0n) is 11.5. The number of sulfone groups is 1. The van der Waals surface area contributed by atoms with Crippen molar-refractivity contribution in [1.29, 1.82) is 0 Å². The lowest BCUT2D eigenvalue weighted by Crippen LogP contribution is -2.21. The minimum atomic E-state index is -2.93. The molecular formula is C13H14BrN5O2S. The predicted molar refractivity (Wildman–Crippen MR) is 87.9 cm³/mol. The van der Waals surface area contributed by atoms with E-state index in [0.717, 1.165) is 10.2 Å². The van der Waals surface area contributed by atoms with E-state index in [4.69, 9.17) is 0 Å². The normalized spacial score (nSPS) is 19.8. The summed E-state index contributed by atoms with van der Waals surface area (Å²) in [7, 11) is -2.93. The van der Waals surface area contributed by atoms with Crippen LogP contribution in [0, 0.1) is 0 Å². The standard InChI is InChI=1S/C13H14BrN5O2S/c14-10-3-1-2-4-11(10)17-13-18-12(7-15-19-13)16-9-5-6-22(20,21)8-9/h1-4,7,9H,5-6,8H2,(H2,16,17,18,19). The molecule has 1 unspecified atom stereocenters. The second-order valence-electron chi connectivity index (χ2n) is 5.01. The van der Waals surface area contributed by atoms with E-state index >= 15 is 0 Å². The minimum absolute atomic E-state index is 0.127. The number of rotatable bonds is 4. The van der Waals surface area contributed by atoms with E-state index in [1.807, 2.05) is 24.3 Å². The third-order valence-electron chi connectivity index (χ3n) is 3.26. The number of benzene rings is 1. The largest absolute Gasteiger partial charge is 0.365 e. The smallest absolute Gasteiger partial charge is 0.249 e. The Morgan fingerprint density at radius 3 is 2.82 bits per heavy atom. The van der Waals surface area contributed by atoms with Gasteiger partial charge in [0.2, 0.25) is 5.95 Å². The lowest BCUT2D eigenvalue weighted by atomic mass is 10.3. The van der Waals surface area contributed by atoms with Crippen LogP contribution < -0.4 is 10.6 Å². The highest BCUT2D eigenvalue weighted by atomic mass is 79.9. The van der Waals surface area contributed by atoms with Gasteiger partial charge in [0.1, 0.15) is 0 Å². The summed E-state index contributed by atoms with van der Waals surface area (Å²) in [6.45, 7) is 0. The van der Waals surface area contributed by atoms with Gasteiger partial charge in [0.25, 0.3) is 0 Å². The first kappa shape index (κ1) is 15.2. The van der Waals surface area contributed by atoms with Crippen LogP contribution in [-0.2, 0) is 9.84 Å². The first-order chi connectivity index (χ1) is 10.5. The fraction of sp³-hybridized carbons (Fsp3) is 0.308. The Morgan fingerprint density at radius 2 is 2.09 bits per heavy atom. The van der Waals surface area contributed by atoms with Crippen molar-refractivity contribution in [2.45, 2.75) is 12.5 Å². The van der Waals surface area contributed by atoms with E-state index in [2.05, 4.69) is 41.7 Å². The Bertz CT molecular complexity index is 784. The molecule has 1 atom stereocenters. The third-order valence-corrected chi connectivity index (χ3v) is 5.72. The molecule has 0 saturated carbocycles. The van der Waals surface area contributed by atoms with E-state index in [9.17, 15) is 8.42 Å². The van der Waals surface area contributed by atoms with E-state index in [-0.39, 0.29) is 17.5 Å². The molecule has 2 aromatic rings. The van der Waals surface area contributed by atoms with Gasteiger partial charge in [-0.15, -0.1) is 5.10 Å². The number of anilines is 3. The maximum absolute atomic E-state index is 11.5. The first-order valence-corrected chi connectivity index (χ1v) is 9.31. The predicted octanol–water partition coefficient (Wildman–Crippen LogP) is 1.98. The first-order valence-electron chi connectivity index (χ1n) is 6.70. The second kappa shape index (κ2) is 6.17. The Balaban J connectivity index is 1.72. The SMILES string of the molecule is O=S1(=O)CCC(Nc2cnnc(Nc3ccccc3Br)n2)C1. The van der Waals surface area contributed by atoms with Crippen LogP contribution in [0.3, 0.4) is 0 Å². The van der Waals surface area contributed by atoms with Crippen molar-refractivity contribution in [2.24, 2.45) is 0 Å². The third kappa shape index (κ3) is 3.72. The van der Waals surface area contributed by atoms with Gasteiger partial charge in [0.15, 0.2) is 15.7 Å². The van der Waals surface area contributed by atoms with Crippen molar-refractivity contribution in [3.05, 3.63) is 34.9 Å². The summed E-state index contributed by atoms with van der Waals surface area (Å²) in [5.74, 6) is 1.19. The summed E-state index contributed by atoms with van der Waals surface area (Å²) in [6, 6.07) is 7.47. The fourth-order valence-corrected chi connectivity index (χ4v) is 4.28. The molecule has 0 bridgehead atoms. The number of hydrogen-bond donors (Lipinski definition) is 2. The van der Waals surface area contributed by atoms with E-state index in [1.165, 1.54) is 6.20 Å². The van der Waals surface area contributed by atoms with Crippen LogP contribution in [0.25, 0.3) is 0 Å². The molecule has 1 aliphatic heterocycles. The van der Waals surface area contributed by atoms with Crippen molar-refractivity contribution in [3.8, 4) is 0 Å². The molecule has 1 aromatic heterocycles. The molecule has 1 aliphatic rings. The summed E-state index contributed by atoms with van der Waals surface area (Å²) in [5.41, 5.74) is 0.824. The molecule has 2 N–H and O–H groups in total. The lowest BCUT2D eigenvalue weighted by molar-refractivity contribution is 0.602. The number of hydrogen-bond acceptors (Lipinski definition) is 7. The van der Waals surface area contributed by atoms with Gasteiger partial charge >= 0.3 is 0 Å². The molecular weight excluding hydrogens is 370 g/mol. The van der Waals surface area contributed by atoms with Gasteiger partial charge in [-0.2, -0.15) is 10.1 Å². The molecule has 116 valence electrons. The van der Waals surface area contributed by atoms with Gasteiger partial charge in [-0.25, -0.2) is 8.42 Å². The minimum Gasteiger partial charge on any atom is -0.365 e. The van der Waals surface area contributed by atoms with Gasteiger partial charge in [-0.05, 0) is 34.5 Å². The van der Waals surface area contributed by atoms with Crippen molar-refractivity contribution < 1.29 is 8.42 Å². The van der Waals surface area contributed by atoms with E-state index in [1.54, 1.807) is 0 Å². The van der Waals surface area contributed by atoms with Crippen molar-refractivity contribution in [1.82, 2.24) is 15.2 Å². The molecule has 9 heteroatoms. The number of halogens is 1. The quantitative estimate of drug-likeness (QED) is 0.832. The molecule has 7 nitrogen and oxygen atoms in total. The highest BCUT2D eigenvalue weighted by Gasteiger charge is 2.28. The van der Waals surface area contributed by atoms with Crippen LogP contribution in [0.15, 0.2) is 34.9 Å². The Hall–Kier alpha value is -1.74. The Morgan fingerprint density at radius 1 is 1.27 bits per heavy atom. The maximum atomic E-state index is 11.5. The molecule has 3 rings (SSSR count). The summed E-state index contributed by atoms with van der Waals surface area (Å²) in [5, 5.41) is 14.0. The van der Waals surface area contributed by atoms with Gasteiger partial charge in [-0.1, -0.05) is 12.1 Å². The molecule has 0 aliphatic carbocycles. The molecule has 2 heterocycles. The maximum Gasteiger partial charge on any atom is 0.249 e. The average molecular weight is 384 g/mol. The molecule has 0 radical (unpaired) electrons. The van der Waals surface area contributed by atoms with Crippen molar-refractivity contribution in [2.75, 3.05) is 22.1 Å². The highest BCUT2D eigenvalue weighted by Crippen LogP contribution is 2.24. The summed E-state index contributed by atoms with van der Waals surface area (Å²) in [6.07, 6.45) is 2.06. The van der Waals surface area contributed by atoms with Crippen LogP contribution in [0.1, 0.15) is 6.42 Å². The molecule has 1 saturated heterocycles. The number of para-hydroxylation sites is 1. The van der Waals surface area contributed by atoms with E-state index in [0.29, 0.717) is 18.2 Å². The van der Waals surface area contributed by atoms with Crippen LogP contribution >= 0.6 is 15.9 Å². The molecule has 1 aromatic carbocycles. The zero-order valence-corrected chi connectivity index (χ0v) is 13.9. The molecule has 0 amide bonds. The van der Waals surface area contributed by atoms with Gasteiger partial charge in [-0.3, -0.25) is 0 Å². The summed E-state index contributed by atoms with van der Waals surface area (Å²) in [4.78, 5) is 4.31. The lowest BCUT2D eigenvalue weighted by Gasteiger charge is -2.12. The Kier molecular flexibility index (Phi) is 4.25. The van der Waals surface area contributed by atoms with Gasteiger partial charge in [0.05, 0.1) is 23.4 Å². The topological polar surface area (TPSA) is 96.9 Å². The summed E-state index contributed by atoms with van der Waals surface area (Å²) < 4.78 is 23.8. The van der Waals surface area contributed by atoms with E-state index < -0.39 is 9.84 Å². The number of nitrogens with zero attached hydrogens (tertiary/aromatic N) is 3. The molecule has 1 fully saturated rings. The van der Waals surface area contributed by atoms with Gasteiger partial charge < -0.3 is 10.6 Å². The highest BCUT2D eigenvalue weighted by molar-refractivity contribution is 9.10. The second-order valence-corrected chi connectivity index (χ2v) is 8.10. The fourth-order valence-electron chi connectivity index (χ4n) is 2.23. The molecule has 22 heavy (non-hydrogen) atoms. The Labute approximate surface area is 136 Å². The van der Waals surface area contributed by atoms with Crippen LogP contribution in [0.5, 0.6) is 0 Å². The van der Waals surface area contributed by atoms with Crippen LogP contribution in [0.4, 0.5) is 17.5 Å². The molecule has 0 spiro atoms. The summed E-state index contributed by atoms with van der Waals surface area (Å²) >= 11 is 3.43. The monoisotopic (exact) mass is 383 g/mol. The zero-order chi connectivity index (χ0) is 15.6. The number of aromatic nitrogens is 3. The van der Waals surface area contributed by atoms with Crippen LogP contribution in [0.2, 0.25) is 0 Å². The average Bonchev–Trinajstić information content (AvgIpc) is 2.81. The van der Waals surface area contributed by atoms with Crippen molar-refractivity contribution >= 4 is 43.2 Å².